The maximum Gasteiger partial charge on any atom is 0.294 e. The van der Waals surface area contributed by atoms with Crippen molar-refractivity contribution in [3.63, 3.8) is 0 Å². The number of carbonyl (C=O) groups excluding carboxylic acids is 1. The topological polar surface area (TPSA) is 42.4 Å². The fourth-order valence-corrected chi connectivity index (χ4v) is 2.39. The van der Waals surface area contributed by atoms with E-state index in [9.17, 15) is 13.6 Å². The molecule has 1 aliphatic rings. The number of hydrogen-bond acceptors (Lipinski definition) is 4. The third-order valence-corrected chi connectivity index (χ3v) is 3.22. The molecule has 6 heteroatoms. The molecule has 2 unspecified atom stereocenters. The molecule has 0 saturated carbocycles. The third kappa shape index (κ3) is 2.48. The Morgan fingerprint density at radius 2 is 2.33 bits per heavy atom. The van der Waals surface area contributed by atoms with Crippen molar-refractivity contribution in [2.24, 2.45) is 0 Å². The van der Waals surface area contributed by atoms with Crippen molar-refractivity contribution >= 4 is 6.47 Å². The highest BCUT2D eigenvalue weighted by Gasteiger charge is 2.32. The van der Waals surface area contributed by atoms with Gasteiger partial charge < -0.3 is 4.74 Å². The van der Waals surface area contributed by atoms with Gasteiger partial charge in [-0.1, -0.05) is 0 Å². The smallest absolute Gasteiger partial charge is 0.294 e. The number of nitrogens with zero attached hydrogens (tertiary/aromatic N) is 2. The zero-order chi connectivity index (χ0) is 13.1. The van der Waals surface area contributed by atoms with Crippen LogP contribution in [0.25, 0.3) is 0 Å². The molecule has 1 aromatic heterocycles. The van der Waals surface area contributed by atoms with Gasteiger partial charge in [0, 0.05) is 18.2 Å². The SMILES string of the molecule is CC(OC=O)N1CCCC1c1ccc(F)nc1F. The predicted octanol–water partition coefficient (Wildman–Crippen LogP) is 2.02. The lowest BCUT2D eigenvalue weighted by Crippen LogP contribution is -2.34. The first-order valence-electron chi connectivity index (χ1n) is 5.80. The van der Waals surface area contributed by atoms with E-state index in [0.717, 1.165) is 18.9 Å². The molecule has 4 nitrogen and oxygen atoms in total. The van der Waals surface area contributed by atoms with Gasteiger partial charge in [0.2, 0.25) is 11.9 Å². The van der Waals surface area contributed by atoms with Crippen LogP contribution in [-0.2, 0) is 9.53 Å². The lowest BCUT2D eigenvalue weighted by molar-refractivity contribution is -0.142. The van der Waals surface area contributed by atoms with Crippen molar-refractivity contribution in [2.75, 3.05) is 6.54 Å². The molecule has 1 aliphatic heterocycles. The number of pyridine rings is 1. The van der Waals surface area contributed by atoms with Crippen LogP contribution in [0.3, 0.4) is 0 Å². The lowest BCUT2D eigenvalue weighted by Gasteiger charge is -2.29. The largest absolute Gasteiger partial charge is 0.449 e. The second-order valence-electron chi connectivity index (χ2n) is 4.24. The van der Waals surface area contributed by atoms with Crippen LogP contribution >= 0.6 is 0 Å². The number of rotatable bonds is 4. The van der Waals surface area contributed by atoms with Gasteiger partial charge in [-0.3, -0.25) is 9.69 Å². The van der Waals surface area contributed by atoms with Gasteiger partial charge in [-0.05, 0) is 31.9 Å². The maximum atomic E-state index is 13.6. The summed E-state index contributed by atoms with van der Waals surface area (Å²) in [4.78, 5) is 15.4. The summed E-state index contributed by atoms with van der Waals surface area (Å²) in [5.41, 5.74) is 0.343. The number of hydrogen-bond donors (Lipinski definition) is 0. The van der Waals surface area contributed by atoms with E-state index >= 15 is 0 Å². The molecule has 0 spiro atoms. The number of ether oxygens (including phenoxy) is 1. The first-order valence-corrected chi connectivity index (χ1v) is 5.80. The summed E-state index contributed by atoms with van der Waals surface area (Å²) in [6.45, 7) is 2.80. The van der Waals surface area contributed by atoms with Crippen LogP contribution in [0.5, 0.6) is 0 Å². The van der Waals surface area contributed by atoms with Gasteiger partial charge in [0.15, 0.2) is 6.23 Å². The van der Waals surface area contributed by atoms with Crippen LogP contribution in [0, 0.1) is 11.9 Å². The van der Waals surface area contributed by atoms with Crippen LogP contribution in [0.1, 0.15) is 31.4 Å². The average Bonchev–Trinajstić information content (AvgIpc) is 2.78. The fraction of sp³-hybridized carbons (Fsp3) is 0.500. The van der Waals surface area contributed by atoms with Crippen LogP contribution < -0.4 is 0 Å². The Hall–Kier alpha value is -1.56. The number of carbonyl (C=O) groups is 1. The lowest BCUT2D eigenvalue weighted by atomic mass is 10.1. The highest BCUT2D eigenvalue weighted by Crippen LogP contribution is 2.34. The standard InChI is InChI=1S/C12H14F2N2O2/c1-8(18-7-17)16-6-2-3-10(16)9-4-5-11(13)15-12(9)14/h4-5,7-8,10H,2-3,6H2,1H3. The molecular formula is C12H14F2N2O2. The summed E-state index contributed by atoms with van der Waals surface area (Å²) < 4.78 is 31.3. The second-order valence-corrected chi connectivity index (χ2v) is 4.24. The first kappa shape index (κ1) is 12.9. The van der Waals surface area contributed by atoms with Crippen molar-refractivity contribution in [1.82, 2.24) is 9.88 Å². The molecule has 0 bridgehead atoms. The molecule has 2 rings (SSSR count). The van der Waals surface area contributed by atoms with Gasteiger partial charge in [0.25, 0.3) is 6.47 Å². The molecule has 18 heavy (non-hydrogen) atoms. The van der Waals surface area contributed by atoms with E-state index in [1.54, 1.807) is 6.92 Å². The van der Waals surface area contributed by atoms with E-state index in [4.69, 9.17) is 4.74 Å². The molecule has 0 radical (unpaired) electrons. The minimum atomic E-state index is -0.835. The Labute approximate surface area is 104 Å². The van der Waals surface area contributed by atoms with Gasteiger partial charge in [-0.2, -0.15) is 13.8 Å². The molecule has 2 heterocycles. The first-order chi connectivity index (χ1) is 8.63. The summed E-state index contributed by atoms with van der Waals surface area (Å²) in [6.07, 6.45) is 1.17. The molecular weight excluding hydrogens is 242 g/mol. The van der Waals surface area contributed by atoms with E-state index in [-0.39, 0.29) is 6.04 Å². The molecule has 0 amide bonds. The zero-order valence-electron chi connectivity index (χ0n) is 9.97. The molecule has 0 N–H and O–H groups in total. The average molecular weight is 256 g/mol. The van der Waals surface area contributed by atoms with Gasteiger partial charge in [-0.25, -0.2) is 0 Å². The Morgan fingerprint density at radius 1 is 1.56 bits per heavy atom. The number of halogens is 2. The monoisotopic (exact) mass is 256 g/mol. The van der Waals surface area contributed by atoms with E-state index in [1.807, 2.05) is 4.90 Å². The Balaban J connectivity index is 2.23. The molecule has 0 aliphatic carbocycles. The Morgan fingerprint density at radius 3 is 3.00 bits per heavy atom. The van der Waals surface area contributed by atoms with Crippen LogP contribution in [0.15, 0.2) is 12.1 Å². The zero-order valence-corrected chi connectivity index (χ0v) is 9.97. The molecule has 0 aromatic carbocycles. The van der Waals surface area contributed by atoms with Gasteiger partial charge in [0.1, 0.15) is 0 Å². The van der Waals surface area contributed by atoms with Crippen molar-refractivity contribution < 1.29 is 18.3 Å². The van der Waals surface area contributed by atoms with Crippen molar-refractivity contribution in [1.29, 1.82) is 0 Å². The third-order valence-electron chi connectivity index (χ3n) is 3.22. The Kier molecular flexibility index (Phi) is 3.86. The summed E-state index contributed by atoms with van der Waals surface area (Å²) >= 11 is 0. The van der Waals surface area contributed by atoms with Crippen LogP contribution in [-0.4, -0.2) is 29.1 Å². The molecule has 1 fully saturated rings. The van der Waals surface area contributed by atoms with Gasteiger partial charge in [-0.15, -0.1) is 0 Å². The molecule has 1 aromatic rings. The van der Waals surface area contributed by atoms with Crippen molar-refractivity contribution in [2.45, 2.75) is 32.0 Å². The van der Waals surface area contributed by atoms with Crippen molar-refractivity contribution in [3.05, 3.63) is 29.6 Å². The minimum Gasteiger partial charge on any atom is -0.449 e. The Bertz CT molecular complexity index is 442. The van der Waals surface area contributed by atoms with E-state index < -0.39 is 18.1 Å². The number of aromatic nitrogens is 1. The van der Waals surface area contributed by atoms with Crippen LogP contribution in [0.2, 0.25) is 0 Å². The highest BCUT2D eigenvalue weighted by molar-refractivity contribution is 5.37. The fourth-order valence-electron chi connectivity index (χ4n) is 2.39. The molecule has 2 atom stereocenters. The minimum absolute atomic E-state index is 0.229. The van der Waals surface area contributed by atoms with Gasteiger partial charge >= 0.3 is 0 Å². The maximum absolute atomic E-state index is 13.6. The van der Waals surface area contributed by atoms with E-state index in [0.29, 0.717) is 18.6 Å². The highest BCUT2D eigenvalue weighted by atomic mass is 19.1. The predicted molar refractivity (Wildman–Crippen MR) is 59.4 cm³/mol. The van der Waals surface area contributed by atoms with Gasteiger partial charge in [0.05, 0.1) is 0 Å². The summed E-state index contributed by atoms with van der Waals surface area (Å²) in [6, 6.07) is 2.31. The van der Waals surface area contributed by atoms with E-state index in [1.165, 1.54) is 6.07 Å². The number of likely N-dealkylation sites (tertiary alicyclic amines) is 1. The van der Waals surface area contributed by atoms with E-state index in [2.05, 4.69) is 4.98 Å². The van der Waals surface area contributed by atoms with Crippen LogP contribution in [0.4, 0.5) is 8.78 Å². The molecule has 1 saturated heterocycles. The quantitative estimate of drug-likeness (QED) is 0.610. The summed E-state index contributed by atoms with van der Waals surface area (Å²) in [5.74, 6) is -1.64. The summed E-state index contributed by atoms with van der Waals surface area (Å²) in [7, 11) is 0. The molecule has 98 valence electrons. The van der Waals surface area contributed by atoms with Crippen molar-refractivity contribution in [3.8, 4) is 0 Å². The summed E-state index contributed by atoms with van der Waals surface area (Å²) in [5, 5.41) is 0. The normalized spacial score (nSPS) is 21.8. The second kappa shape index (κ2) is 5.39.